The fraction of sp³-hybridized carbons (Fsp3) is 0.667. The normalized spacial score (nSPS) is 10.8. The second-order valence-corrected chi connectivity index (χ2v) is 3.07. The lowest BCUT2D eigenvalue weighted by molar-refractivity contribution is 0.244. The van der Waals surface area contributed by atoms with Crippen molar-refractivity contribution in [3.8, 4) is 0 Å². The van der Waals surface area contributed by atoms with Gasteiger partial charge in [-0.05, 0) is 19.3 Å². The van der Waals surface area contributed by atoms with Gasteiger partial charge >= 0.3 is 6.03 Å². The molecule has 16 heavy (non-hydrogen) atoms. The minimum atomic E-state index is -0.727. The van der Waals surface area contributed by atoms with Gasteiger partial charge in [-0.2, -0.15) is 4.99 Å². The number of amides is 2. The van der Waals surface area contributed by atoms with Crippen molar-refractivity contribution in [2.45, 2.75) is 31.8 Å². The number of nitrogens with zero attached hydrogens (tertiary/aromatic N) is 2. The highest BCUT2D eigenvalue weighted by atomic mass is 16.2. The van der Waals surface area contributed by atoms with Gasteiger partial charge in [-0.15, -0.1) is 0 Å². The van der Waals surface area contributed by atoms with Crippen LogP contribution in [-0.4, -0.2) is 30.9 Å². The molecular formula is C9H14N4O3. The second-order valence-electron chi connectivity index (χ2n) is 3.07. The van der Waals surface area contributed by atoms with Gasteiger partial charge in [-0.25, -0.2) is 19.4 Å². The lowest BCUT2D eigenvalue weighted by Gasteiger charge is -2.10. The number of carbonyl (C=O) groups excluding carboxylic acids is 3. The molecule has 0 aromatic carbocycles. The first kappa shape index (κ1) is 14.0. The number of primary amides is 1. The highest BCUT2D eigenvalue weighted by Crippen LogP contribution is 2.04. The first-order valence-electron chi connectivity index (χ1n) is 4.87. The molecule has 1 unspecified atom stereocenters. The molecule has 0 aliphatic heterocycles. The van der Waals surface area contributed by atoms with Gasteiger partial charge in [-0.3, -0.25) is 0 Å². The van der Waals surface area contributed by atoms with Gasteiger partial charge in [0.25, 0.3) is 0 Å². The molecule has 2 amide bonds. The third-order valence-corrected chi connectivity index (χ3v) is 1.83. The molecule has 0 heterocycles. The van der Waals surface area contributed by atoms with E-state index in [1.54, 1.807) is 0 Å². The van der Waals surface area contributed by atoms with E-state index >= 15 is 0 Å². The van der Waals surface area contributed by atoms with Gasteiger partial charge in [0.15, 0.2) is 0 Å². The molecule has 0 spiro atoms. The van der Waals surface area contributed by atoms with Crippen LogP contribution in [0.3, 0.4) is 0 Å². The van der Waals surface area contributed by atoms with E-state index in [9.17, 15) is 14.4 Å². The van der Waals surface area contributed by atoms with E-state index in [4.69, 9.17) is 5.73 Å². The van der Waals surface area contributed by atoms with Gasteiger partial charge in [0, 0.05) is 0 Å². The van der Waals surface area contributed by atoms with E-state index in [-0.39, 0.29) is 0 Å². The fourth-order valence-electron chi connectivity index (χ4n) is 1.15. The SMILES string of the molecule is NC(=O)NC(CCCCCN=C=O)N=C=O. The molecule has 0 fully saturated rings. The predicted molar refractivity (Wildman–Crippen MR) is 56.1 cm³/mol. The van der Waals surface area contributed by atoms with E-state index in [2.05, 4.69) is 15.3 Å². The average Bonchev–Trinajstić information content (AvgIpc) is 2.22. The number of carbonyl (C=O) groups is 1. The minimum Gasteiger partial charge on any atom is -0.352 e. The zero-order valence-corrected chi connectivity index (χ0v) is 8.81. The van der Waals surface area contributed by atoms with Gasteiger partial charge in [0.05, 0.1) is 6.54 Å². The summed E-state index contributed by atoms with van der Waals surface area (Å²) < 4.78 is 0. The maximum atomic E-state index is 10.5. The van der Waals surface area contributed by atoms with E-state index < -0.39 is 12.2 Å². The van der Waals surface area contributed by atoms with Crippen molar-refractivity contribution in [1.82, 2.24) is 5.32 Å². The second kappa shape index (κ2) is 9.58. The first-order valence-corrected chi connectivity index (χ1v) is 4.87. The Kier molecular flexibility index (Phi) is 8.40. The monoisotopic (exact) mass is 226 g/mol. The number of nitrogens with two attached hydrogens (primary N) is 1. The van der Waals surface area contributed by atoms with Crippen molar-refractivity contribution >= 4 is 18.2 Å². The third-order valence-electron chi connectivity index (χ3n) is 1.83. The molecule has 0 bridgehead atoms. The van der Waals surface area contributed by atoms with E-state index in [1.807, 2.05) is 0 Å². The van der Waals surface area contributed by atoms with Gasteiger partial charge in [0.1, 0.15) is 6.17 Å². The Morgan fingerprint density at radius 1 is 1.25 bits per heavy atom. The molecule has 0 aliphatic rings. The van der Waals surface area contributed by atoms with Crippen molar-refractivity contribution in [1.29, 1.82) is 0 Å². The highest BCUT2D eigenvalue weighted by Gasteiger charge is 2.07. The van der Waals surface area contributed by atoms with Crippen LogP contribution in [-0.2, 0) is 9.59 Å². The molecule has 0 aromatic rings. The summed E-state index contributed by atoms with van der Waals surface area (Å²) >= 11 is 0. The summed E-state index contributed by atoms with van der Waals surface area (Å²) in [6.07, 6.45) is 5.01. The molecule has 0 saturated heterocycles. The maximum Gasteiger partial charge on any atom is 0.313 e. The summed E-state index contributed by atoms with van der Waals surface area (Å²) in [6.45, 7) is 0.439. The molecule has 7 nitrogen and oxygen atoms in total. The van der Waals surface area contributed by atoms with E-state index in [0.717, 1.165) is 19.3 Å². The van der Waals surface area contributed by atoms with Crippen molar-refractivity contribution < 1.29 is 14.4 Å². The van der Waals surface area contributed by atoms with Crippen molar-refractivity contribution in [3.05, 3.63) is 0 Å². The zero-order chi connectivity index (χ0) is 12.2. The van der Waals surface area contributed by atoms with Crippen LogP contribution in [0.5, 0.6) is 0 Å². The number of rotatable bonds is 8. The molecule has 0 radical (unpaired) electrons. The Labute approximate surface area is 92.8 Å². The number of aliphatic imine (C=N–C) groups is 2. The minimum absolute atomic E-state index is 0.439. The smallest absolute Gasteiger partial charge is 0.313 e. The Hall–Kier alpha value is -1.97. The molecule has 0 aliphatic carbocycles. The molecule has 0 saturated carbocycles. The van der Waals surface area contributed by atoms with Crippen LogP contribution in [0, 0.1) is 0 Å². The summed E-state index contributed by atoms with van der Waals surface area (Å²) in [5, 5.41) is 2.31. The fourth-order valence-corrected chi connectivity index (χ4v) is 1.15. The third kappa shape index (κ3) is 8.62. The Bertz CT molecular complexity index is 306. The van der Waals surface area contributed by atoms with Crippen LogP contribution < -0.4 is 11.1 Å². The molecule has 3 N–H and O–H groups in total. The highest BCUT2D eigenvalue weighted by molar-refractivity contribution is 5.72. The Morgan fingerprint density at radius 2 is 2.00 bits per heavy atom. The van der Waals surface area contributed by atoms with Crippen molar-refractivity contribution in [2.75, 3.05) is 6.54 Å². The van der Waals surface area contributed by atoms with E-state index in [1.165, 1.54) is 12.2 Å². The van der Waals surface area contributed by atoms with Gasteiger partial charge in [-0.1, -0.05) is 6.42 Å². The number of hydrogen-bond donors (Lipinski definition) is 2. The van der Waals surface area contributed by atoms with Crippen LogP contribution in [0.4, 0.5) is 4.79 Å². The van der Waals surface area contributed by atoms with Crippen LogP contribution >= 0.6 is 0 Å². The van der Waals surface area contributed by atoms with E-state index in [0.29, 0.717) is 13.0 Å². The van der Waals surface area contributed by atoms with Crippen LogP contribution in [0.25, 0.3) is 0 Å². The summed E-state index contributed by atoms with van der Waals surface area (Å²) in [6, 6.07) is -0.727. The molecule has 1 atom stereocenters. The molecule has 0 rings (SSSR count). The Balaban J connectivity index is 3.71. The maximum absolute atomic E-state index is 10.5. The average molecular weight is 226 g/mol. The number of nitrogens with one attached hydrogen (secondary N) is 1. The summed E-state index contributed by atoms with van der Waals surface area (Å²) in [5.74, 6) is 0. The van der Waals surface area contributed by atoms with Crippen LogP contribution in [0.15, 0.2) is 9.98 Å². The number of hydrogen-bond acceptors (Lipinski definition) is 5. The number of urea groups is 1. The van der Waals surface area contributed by atoms with Crippen molar-refractivity contribution in [2.24, 2.45) is 15.7 Å². The lowest BCUT2D eigenvalue weighted by Crippen LogP contribution is -2.37. The Morgan fingerprint density at radius 3 is 2.56 bits per heavy atom. The van der Waals surface area contributed by atoms with Crippen molar-refractivity contribution in [3.63, 3.8) is 0 Å². The summed E-state index contributed by atoms with van der Waals surface area (Å²) in [5.41, 5.74) is 4.90. The number of isocyanates is 2. The standard InChI is InChI=1S/C9H14N4O3/c10-9(16)13-8(12-7-15)4-2-1-3-5-11-6-14/h8H,1-5H2,(H3,10,13,16). The predicted octanol–water partition coefficient (Wildman–Crippen LogP) is 0.213. The van der Waals surface area contributed by atoms with Gasteiger partial charge < -0.3 is 11.1 Å². The molecular weight excluding hydrogens is 212 g/mol. The van der Waals surface area contributed by atoms with Crippen LogP contribution in [0.2, 0.25) is 0 Å². The lowest BCUT2D eigenvalue weighted by atomic mass is 10.1. The number of unbranched alkanes of at least 4 members (excludes halogenated alkanes) is 2. The van der Waals surface area contributed by atoms with Gasteiger partial charge in [0.2, 0.25) is 12.2 Å². The summed E-state index contributed by atoms with van der Waals surface area (Å²) in [7, 11) is 0. The molecule has 88 valence electrons. The molecule has 0 aromatic heterocycles. The quantitative estimate of drug-likeness (QED) is 0.350. The topological polar surface area (TPSA) is 114 Å². The zero-order valence-electron chi connectivity index (χ0n) is 8.81. The van der Waals surface area contributed by atoms with Crippen LogP contribution in [0.1, 0.15) is 25.7 Å². The largest absolute Gasteiger partial charge is 0.352 e. The molecule has 7 heteroatoms. The summed E-state index contributed by atoms with van der Waals surface area (Å²) in [4.78, 5) is 37.1. The first-order chi connectivity index (χ1) is 7.70.